The summed E-state index contributed by atoms with van der Waals surface area (Å²) in [7, 11) is 1.35. The van der Waals surface area contributed by atoms with E-state index in [0.717, 1.165) is 0 Å². The molecule has 0 aromatic rings. The normalized spacial score (nSPS) is 10.0. The van der Waals surface area contributed by atoms with E-state index in [2.05, 4.69) is 4.74 Å². The van der Waals surface area contributed by atoms with Gasteiger partial charge in [-0.3, -0.25) is 4.79 Å². The quantitative estimate of drug-likeness (QED) is 0.415. The van der Waals surface area contributed by atoms with E-state index in [1.807, 2.05) is 0 Å². The number of hydrogen-bond donors (Lipinski definition) is 1. The molecule has 0 saturated heterocycles. The summed E-state index contributed by atoms with van der Waals surface area (Å²) in [5.74, 6) is -0.261. The SMILES string of the molecule is COC(=O)CCOCCOCCN. The fourth-order valence-electron chi connectivity index (χ4n) is 0.663. The van der Waals surface area contributed by atoms with Gasteiger partial charge in [-0.25, -0.2) is 0 Å². The molecule has 78 valence electrons. The van der Waals surface area contributed by atoms with E-state index in [0.29, 0.717) is 33.0 Å². The second kappa shape index (κ2) is 9.44. The van der Waals surface area contributed by atoms with E-state index in [4.69, 9.17) is 15.2 Å². The van der Waals surface area contributed by atoms with E-state index < -0.39 is 0 Å². The van der Waals surface area contributed by atoms with Gasteiger partial charge >= 0.3 is 5.97 Å². The number of methoxy groups -OCH3 is 1. The first-order chi connectivity index (χ1) is 6.31. The van der Waals surface area contributed by atoms with E-state index in [9.17, 15) is 4.79 Å². The third-order valence-electron chi connectivity index (χ3n) is 1.31. The van der Waals surface area contributed by atoms with Crippen molar-refractivity contribution in [2.75, 3.05) is 40.1 Å². The molecule has 0 spiro atoms. The highest BCUT2D eigenvalue weighted by Crippen LogP contribution is 1.86. The molecule has 0 radical (unpaired) electrons. The van der Waals surface area contributed by atoms with Crippen molar-refractivity contribution >= 4 is 5.97 Å². The van der Waals surface area contributed by atoms with Gasteiger partial charge in [-0.2, -0.15) is 0 Å². The molecule has 2 N–H and O–H groups in total. The van der Waals surface area contributed by atoms with Crippen LogP contribution in [0.15, 0.2) is 0 Å². The highest BCUT2D eigenvalue weighted by atomic mass is 16.5. The summed E-state index contributed by atoms with van der Waals surface area (Å²) in [6, 6.07) is 0. The van der Waals surface area contributed by atoms with Gasteiger partial charge in [0.1, 0.15) is 0 Å². The van der Waals surface area contributed by atoms with Crippen molar-refractivity contribution in [3.63, 3.8) is 0 Å². The van der Waals surface area contributed by atoms with Crippen molar-refractivity contribution in [2.24, 2.45) is 5.73 Å². The Morgan fingerprint density at radius 2 is 1.77 bits per heavy atom. The predicted octanol–water partition coefficient (Wildman–Crippen LogP) is -0.459. The standard InChI is InChI=1S/C8H17NO4/c1-11-8(10)2-4-12-6-7-13-5-3-9/h2-7,9H2,1H3. The molecule has 0 aliphatic rings. The Morgan fingerprint density at radius 1 is 1.15 bits per heavy atom. The van der Waals surface area contributed by atoms with Crippen molar-refractivity contribution in [3.8, 4) is 0 Å². The van der Waals surface area contributed by atoms with Gasteiger partial charge in [-0.05, 0) is 0 Å². The lowest BCUT2D eigenvalue weighted by atomic mass is 10.5. The average Bonchev–Trinajstić information content (AvgIpc) is 2.16. The smallest absolute Gasteiger partial charge is 0.307 e. The van der Waals surface area contributed by atoms with Gasteiger partial charge in [0.2, 0.25) is 0 Å². The van der Waals surface area contributed by atoms with Gasteiger partial charge in [0.05, 0.1) is 40.0 Å². The predicted molar refractivity (Wildman–Crippen MR) is 47.3 cm³/mol. The Kier molecular flexibility index (Phi) is 8.97. The monoisotopic (exact) mass is 191 g/mol. The third-order valence-corrected chi connectivity index (χ3v) is 1.31. The Bertz CT molecular complexity index is 129. The second-order valence-corrected chi connectivity index (χ2v) is 2.34. The maximum absolute atomic E-state index is 10.6. The van der Waals surface area contributed by atoms with Crippen molar-refractivity contribution in [2.45, 2.75) is 6.42 Å². The van der Waals surface area contributed by atoms with Gasteiger partial charge in [-0.15, -0.1) is 0 Å². The van der Waals surface area contributed by atoms with Crippen molar-refractivity contribution in [3.05, 3.63) is 0 Å². The number of hydrogen-bond acceptors (Lipinski definition) is 5. The highest BCUT2D eigenvalue weighted by Gasteiger charge is 1.98. The molecule has 0 unspecified atom stereocenters. The average molecular weight is 191 g/mol. The molecule has 0 heterocycles. The zero-order valence-corrected chi connectivity index (χ0v) is 7.95. The third kappa shape index (κ3) is 9.26. The largest absolute Gasteiger partial charge is 0.469 e. The van der Waals surface area contributed by atoms with Gasteiger partial charge in [0, 0.05) is 6.54 Å². The molecule has 0 rings (SSSR count). The first-order valence-electron chi connectivity index (χ1n) is 4.23. The van der Waals surface area contributed by atoms with Crippen LogP contribution in [0.25, 0.3) is 0 Å². The first kappa shape index (κ1) is 12.3. The van der Waals surface area contributed by atoms with Crippen LogP contribution in [0.2, 0.25) is 0 Å². The Labute approximate surface area is 78.1 Å². The second-order valence-electron chi connectivity index (χ2n) is 2.34. The van der Waals surface area contributed by atoms with Gasteiger partial charge < -0.3 is 19.9 Å². The fraction of sp³-hybridized carbons (Fsp3) is 0.875. The maximum atomic E-state index is 10.6. The number of ether oxygens (including phenoxy) is 3. The maximum Gasteiger partial charge on any atom is 0.307 e. The zero-order chi connectivity index (χ0) is 9.94. The van der Waals surface area contributed by atoms with E-state index in [1.54, 1.807) is 0 Å². The minimum atomic E-state index is -0.261. The van der Waals surface area contributed by atoms with Crippen molar-refractivity contribution < 1.29 is 19.0 Å². The summed E-state index contributed by atoms with van der Waals surface area (Å²) in [6.45, 7) is 2.43. The molecule has 5 nitrogen and oxygen atoms in total. The van der Waals surface area contributed by atoms with Crippen molar-refractivity contribution in [1.29, 1.82) is 0 Å². The summed E-state index contributed by atoms with van der Waals surface area (Å²) in [4.78, 5) is 10.6. The summed E-state index contributed by atoms with van der Waals surface area (Å²) < 4.78 is 14.6. The lowest BCUT2D eigenvalue weighted by molar-refractivity contribution is -0.141. The minimum Gasteiger partial charge on any atom is -0.469 e. The molecule has 0 aliphatic heterocycles. The van der Waals surface area contributed by atoms with E-state index in [-0.39, 0.29) is 12.4 Å². The van der Waals surface area contributed by atoms with Crippen LogP contribution in [0.1, 0.15) is 6.42 Å². The summed E-state index contributed by atoms with van der Waals surface area (Å²) in [5, 5.41) is 0. The molecule has 0 atom stereocenters. The van der Waals surface area contributed by atoms with Crippen LogP contribution in [0.5, 0.6) is 0 Å². The van der Waals surface area contributed by atoms with E-state index in [1.165, 1.54) is 7.11 Å². The van der Waals surface area contributed by atoms with Crippen LogP contribution < -0.4 is 5.73 Å². The van der Waals surface area contributed by atoms with Crippen LogP contribution in [0.3, 0.4) is 0 Å². The number of carbonyl (C=O) groups is 1. The van der Waals surface area contributed by atoms with E-state index >= 15 is 0 Å². The minimum absolute atomic E-state index is 0.261. The summed E-state index contributed by atoms with van der Waals surface area (Å²) >= 11 is 0. The molecule has 0 aliphatic carbocycles. The van der Waals surface area contributed by atoms with Gasteiger partial charge in [-0.1, -0.05) is 0 Å². The molecule has 13 heavy (non-hydrogen) atoms. The number of carbonyl (C=O) groups excluding carboxylic acids is 1. The molecule has 0 bridgehead atoms. The molecular weight excluding hydrogens is 174 g/mol. The lowest BCUT2D eigenvalue weighted by Gasteiger charge is -2.03. The topological polar surface area (TPSA) is 70.8 Å². The van der Waals surface area contributed by atoms with Crippen LogP contribution in [0.4, 0.5) is 0 Å². The number of rotatable bonds is 8. The molecule has 0 saturated carbocycles. The molecule has 0 aromatic heterocycles. The summed E-state index contributed by atoms with van der Waals surface area (Å²) in [6.07, 6.45) is 0.285. The number of esters is 1. The molecule has 5 heteroatoms. The summed E-state index contributed by atoms with van der Waals surface area (Å²) in [5.41, 5.74) is 5.20. The Balaban J connectivity index is 2.95. The lowest BCUT2D eigenvalue weighted by Crippen LogP contribution is -2.13. The van der Waals surface area contributed by atoms with Crippen LogP contribution >= 0.6 is 0 Å². The van der Waals surface area contributed by atoms with Crippen LogP contribution in [-0.2, 0) is 19.0 Å². The fourth-order valence-corrected chi connectivity index (χ4v) is 0.663. The Hall–Kier alpha value is -0.650. The number of nitrogens with two attached hydrogens (primary N) is 1. The van der Waals surface area contributed by atoms with Gasteiger partial charge in [0.15, 0.2) is 0 Å². The molecule has 0 amide bonds. The van der Waals surface area contributed by atoms with Crippen LogP contribution in [-0.4, -0.2) is 46.1 Å². The van der Waals surface area contributed by atoms with Crippen molar-refractivity contribution in [1.82, 2.24) is 0 Å². The highest BCUT2D eigenvalue weighted by molar-refractivity contribution is 5.69. The van der Waals surface area contributed by atoms with Gasteiger partial charge in [0.25, 0.3) is 0 Å². The Morgan fingerprint density at radius 3 is 2.31 bits per heavy atom. The molecule has 0 aromatic carbocycles. The van der Waals surface area contributed by atoms with Crippen LogP contribution in [0, 0.1) is 0 Å². The zero-order valence-electron chi connectivity index (χ0n) is 7.95. The molecule has 0 fully saturated rings. The first-order valence-corrected chi connectivity index (χ1v) is 4.23. The molecular formula is C8H17NO4.